The number of hydrogen-bond acceptors (Lipinski definition) is 1. The fraction of sp³-hybridized carbons (Fsp3) is 0. The highest BCUT2D eigenvalue weighted by atomic mass is 16.3. The van der Waals surface area contributed by atoms with Gasteiger partial charge in [0.2, 0.25) is 0 Å². The topological polar surface area (TPSA) is 13.1 Å². The highest BCUT2D eigenvalue weighted by Crippen LogP contribution is 2.48. The zero-order valence-electron chi connectivity index (χ0n) is 30.2. The van der Waals surface area contributed by atoms with Crippen LogP contribution in [0.4, 0.5) is 0 Å². The molecule has 0 aliphatic heterocycles. The van der Waals surface area contributed by atoms with Gasteiger partial charge in [-0.3, -0.25) is 0 Å². The van der Waals surface area contributed by atoms with Gasteiger partial charge in [0.25, 0.3) is 0 Å². The van der Waals surface area contributed by atoms with Gasteiger partial charge >= 0.3 is 0 Å². The van der Waals surface area contributed by atoms with E-state index in [1.54, 1.807) is 0 Å². The average Bonchev–Trinajstić information content (AvgIpc) is 3.58. The van der Waals surface area contributed by atoms with E-state index in [9.17, 15) is 0 Å². The molecule has 47 heavy (non-hydrogen) atoms. The third-order valence-electron chi connectivity index (χ3n) is 9.51. The van der Waals surface area contributed by atoms with Crippen LogP contribution in [0.2, 0.25) is 0 Å². The van der Waals surface area contributed by atoms with Crippen molar-refractivity contribution in [2.24, 2.45) is 0 Å². The van der Waals surface area contributed by atoms with Crippen molar-refractivity contribution in [3.63, 3.8) is 0 Å². The molecule has 0 atom stereocenters. The molecule has 0 saturated heterocycles. The number of furan rings is 1. The largest absolute Gasteiger partial charge is 0.455 e. The molecule has 0 spiro atoms. The van der Waals surface area contributed by atoms with Crippen molar-refractivity contribution in [2.75, 3.05) is 0 Å². The van der Waals surface area contributed by atoms with Gasteiger partial charge in [-0.1, -0.05) is 145 Å². The SMILES string of the molecule is [2H]c1c([2H])c([2H])c(-c2cc(-c3c4ccccc4c(-c4cccc5oc6c7ccccc7ccc6c45)c4ccccc34)cc3ccccc23)c([2H])c1[2H]. The van der Waals surface area contributed by atoms with Gasteiger partial charge in [-0.05, 0) is 95.3 Å². The summed E-state index contributed by atoms with van der Waals surface area (Å²) < 4.78 is 49.5. The van der Waals surface area contributed by atoms with Gasteiger partial charge in [0, 0.05) is 16.2 Å². The van der Waals surface area contributed by atoms with E-state index >= 15 is 0 Å². The van der Waals surface area contributed by atoms with Crippen LogP contribution in [0.1, 0.15) is 6.85 Å². The molecule has 0 radical (unpaired) electrons. The van der Waals surface area contributed by atoms with Crippen molar-refractivity contribution in [1.82, 2.24) is 0 Å². The molecule has 1 heterocycles. The summed E-state index contributed by atoms with van der Waals surface area (Å²) in [7, 11) is 0. The lowest BCUT2D eigenvalue weighted by Crippen LogP contribution is -1.92. The molecular weight excluding hydrogens is 569 g/mol. The lowest BCUT2D eigenvalue weighted by atomic mass is 9.83. The predicted octanol–water partition coefficient (Wildman–Crippen LogP) is 13.2. The minimum absolute atomic E-state index is 0.195. The lowest BCUT2D eigenvalue weighted by Gasteiger charge is -2.19. The van der Waals surface area contributed by atoms with E-state index in [1.165, 1.54) is 0 Å². The second kappa shape index (κ2) is 10.2. The molecule has 10 aromatic rings. The van der Waals surface area contributed by atoms with E-state index in [1.807, 2.05) is 48.5 Å². The number of hydrogen-bond donors (Lipinski definition) is 0. The summed E-state index contributed by atoms with van der Waals surface area (Å²) in [6.45, 7) is 0. The van der Waals surface area contributed by atoms with Crippen LogP contribution in [0, 0.1) is 0 Å². The highest BCUT2D eigenvalue weighted by Gasteiger charge is 2.21. The minimum Gasteiger partial charge on any atom is -0.455 e. The zero-order valence-corrected chi connectivity index (χ0v) is 25.2. The highest BCUT2D eigenvalue weighted by molar-refractivity contribution is 6.27. The van der Waals surface area contributed by atoms with Crippen LogP contribution in [0.15, 0.2) is 174 Å². The van der Waals surface area contributed by atoms with Crippen LogP contribution in [0.5, 0.6) is 0 Å². The molecule has 218 valence electrons. The summed E-state index contributed by atoms with van der Waals surface area (Å²) in [5.74, 6) is 0. The first-order valence-electron chi connectivity index (χ1n) is 18.3. The molecule has 0 unspecified atom stereocenters. The second-order valence-corrected chi connectivity index (χ2v) is 12.0. The minimum atomic E-state index is -0.402. The summed E-state index contributed by atoms with van der Waals surface area (Å²) in [4.78, 5) is 0. The summed E-state index contributed by atoms with van der Waals surface area (Å²) in [5, 5.41) is 10.4. The van der Waals surface area contributed by atoms with Crippen molar-refractivity contribution < 1.29 is 11.3 Å². The molecule has 10 rings (SSSR count). The van der Waals surface area contributed by atoms with E-state index in [0.717, 1.165) is 87.3 Å². The Bertz CT molecular complexity index is 3050. The van der Waals surface area contributed by atoms with E-state index in [-0.39, 0.29) is 29.7 Å². The first-order valence-corrected chi connectivity index (χ1v) is 15.8. The molecule has 0 amide bonds. The molecule has 1 aromatic heterocycles. The summed E-state index contributed by atoms with van der Waals surface area (Å²) in [5.41, 5.74) is 6.62. The van der Waals surface area contributed by atoms with Crippen LogP contribution < -0.4 is 0 Å². The Morgan fingerprint density at radius 3 is 1.74 bits per heavy atom. The van der Waals surface area contributed by atoms with E-state index in [4.69, 9.17) is 11.3 Å². The van der Waals surface area contributed by atoms with Gasteiger partial charge in [-0.25, -0.2) is 0 Å². The Kier molecular flexibility index (Phi) is 4.66. The Morgan fingerprint density at radius 1 is 0.404 bits per heavy atom. The van der Waals surface area contributed by atoms with E-state index in [2.05, 4.69) is 91.0 Å². The number of benzene rings is 9. The first kappa shape index (κ1) is 21.5. The molecule has 9 aromatic carbocycles. The van der Waals surface area contributed by atoms with Crippen molar-refractivity contribution in [3.8, 4) is 33.4 Å². The maximum Gasteiger partial charge on any atom is 0.143 e. The Hall–Kier alpha value is -6.18. The summed E-state index contributed by atoms with van der Waals surface area (Å²) in [6.07, 6.45) is 0. The Balaban J connectivity index is 1.32. The smallest absolute Gasteiger partial charge is 0.143 e. The molecular formula is C46H28O. The predicted molar refractivity (Wildman–Crippen MR) is 200 cm³/mol. The monoisotopic (exact) mass is 601 g/mol. The van der Waals surface area contributed by atoms with Gasteiger partial charge in [0.05, 0.1) is 6.85 Å². The molecule has 0 bridgehead atoms. The quantitative estimate of drug-likeness (QED) is 0.184. The lowest BCUT2D eigenvalue weighted by molar-refractivity contribution is 0.673. The molecule has 1 nitrogen and oxygen atoms in total. The van der Waals surface area contributed by atoms with Crippen LogP contribution >= 0.6 is 0 Å². The Labute approximate surface area is 279 Å². The summed E-state index contributed by atoms with van der Waals surface area (Å²) in [6, 6.07) is 46.3. The van der Waals surface area contributed by atoms with Crippen molar-refractivity contribution in [2.45, 2.75) is 0 Å². The molecule has 0 aliphatic rings. The fourth-order valence-electron chi connectivity index (χ4n) is 7.54. The average molecular weight is 602 g/mol. The number of fused-ring (bicyclic) bond motifs is 8. The van der Waals surface area contributed by atoms with Gasteiger partial charge in [0.1, 0.15) is 11.2 Å². The third-order valence-corrected chi connectivity index (χ3v) is 9.51. The van der Waals surface area contributed by atoms with Crippen molar-refractivity contribution in [3.05, 3.63) is 170 Å². The molecule has 0 fully saturated rings. The molecule has 1 heteroatoms. The van der Waals surface area contributed by atoms with Crippen LogP contribution in [-0.2, 0) is 0 Å². The summed E-state index contributed by atoms with van der Waals surface area (Å²) >= 11 is 0. The van der Waals surface area contributed by atoms with Gasteiger partial charge in [-0.15, -0.1) is 0 Å². The normalized spacial score (nSPS) is 13.3. The fourth-order valence-corrected chi connectivity index (χ4v) is 7.54. The molecule has 0 saturated carbocycles. The maximum absolute atomic E-state index is 8.88. The number of rotatable bonds is 3. The molecule has 0 N–H and O–H groups in total. The van der Waals surface area contributed by atoms with E-state index in [0.29, 0.717) is 5.56 Å². The van der Waals surface area contributed by atoms with Gasteiger partial charge in [-0.2, -0.15) is 0 Å². The van der Waals surface area contributed by atoms with Crippen molar-refractivity contribution in [1.29, 1.82) is 0 Å². The van der Waals surface area contributed by atoms with Gasteiger partial charge in [0.15, 0.2) is 0 Å². The third kappa shape index (κ3) is 3.90. The van der Waals surface area contributed by atoms with Crippen molar-refractivity contribution >= 4 is 65.0 Å². The molecule has 0 aliphatic carbocycles. The standard InChI is InChI=1S/C46H28O/c1-2-13-29(14-3-1)41-28-32(27-31-16-5-6-17-33(31)41)43-35-19-8-10-21-37(35)44(38-22-11-9-20-36(38)43)39-23-12-24-42-45(39)40-26-25-30-15-4-7-18-34(30)46(40)47-42/h1-28H/i1D,2D,3D,13D,14D. The first-order chi connectivity index (χ1) is 25.4. The van der Waals surface area contributed by atoms with E-state index < -0.39 is 6.04 Å². The van der Waals surface area contributed by atoms with Gasteiger partial charge < -0.3 is 4.42 Å². The van der Waals surface area contributed by atoms with Crippen LogP contribution in [0.3, 0.4) is 0 Å². The zero-order chi connectivity index (χ0) is 35.2. The van der Waals surface area contributed by atoms with Crippen LogP contribution in [0.25, 0.3) is 98.4 Å². The maximum atomic E-state index is 8.88. The Morgan fingerprint density at radius 2 is 1.02 bits per heavy atom. The van der Waals surface area contributed by atoms with Crippen LogP contribution in [-0.4, -0.2) is 0 Å². The second-order valence-electron chi connectivity index (χ2n) is 12.0.